The average Bonchev–Trinajstić information content (AvgIpc) is 2.95. The van der Waals surface area contributed by atoms with E-state index in [0.29, 0.717) is 6.04 Å². The Bertz CT molecular complexity index is 626. The number of hydrogen-bond acceptors (Lipinski definition) is 2. The first-order chi connectivity index (χ1) is 10.7. The molecule has 0 spiro atoms. The van der Waals surface area contributed by atoms with E-state index < -0.39 is 0 Å². The third-order valence-electron chi connectivity index (χ3n) is 4.10. The lowest BCUT2D eigenvalue weighted by atomic mass is 9.96. The summed E-state index contributed by atoms with van der Waals surface area (Å²) in [6.45, 7) is 1.93. The number of urea groups is 1. The maximum atomic E-state index is 12.0. The van der Waals surface area contributed by atoms with Crippen LogP contribution in [0.2, 0.25) is 0 Å². The Balaban J connectivity index is 1.57. The van der Waals surface area contributed by atoms with Gasteiger partial charge in [-0.2, -0.15) is 0 Å². The molecule has 5 heteroatoms. The fraction of sp³-hybridized carbons (Fsp3) is 0.412. The van der Waals surface area contributed by atoms with Gasteiger partial charge in [0.1, 0.15) is 5.82 Å². The molecule has 116 valence electrons. The molecule has 1 heterocycles. The zero-order chi connectivity index (χ0) is 15.4. The van der Waals surface area contributed by atoms with Crippen LogP contribution in [0.3, 0.4) is 0 Å². The van der Waals surface area contributed by atoms with Gasteiger partial charge in [-0.1, -0.05) is 31.4 Å². The summed E-state index contributed by atoms with van der Waals surface area (Å²) in [5.41, 5.74) is 2.84. The number of aromatic amines is 1. The summed E-state index contributed by atoms with van der Waals surface area (Å²) in [7, 11) is 0. The van der Waals surface area contributed by atoms with Crippen molar-refractivity contribution in [1.82, 2.24) is 15.3 Å². The highest BCUT2D eigenvalue weighted by atomic mass is 16.2. The molecule has 0 bridgehead atoms. The number of nitrogens with zero attached hydrogens (tertiary/aromatic N) is 1. The van der Waals surface area contributed by atoms with E-state index in [4.69, 9.17) is 0 Å². The largest absolute Gasteiger partial charge is 0.342 e. The fourth-order valence-electron chi connectivity index (χ4n) is 2.90. The van der Waals surface area contributed by atoms with Crippen molar-refractivity contribution in [3.63, 3.8) is 0 Å². The summed E-state index contributed by atoms with van der Waals surface area (Å²) < 4.78 is 0. The van der Waals surface area contributed by atoms with E-state index >= 15 is 0 Å². The number of amides is 2. The molecule has 1 aromatic heterocycles. The van der Waals surface area contributed by atoms with Crippen molar-refractivity contribution < 1.29 is 4.79 Å². The number of anilines is 1. The van der Waals surface area contributed by atoms with Crippen LogP contribution in [0.1, 0.15) is 37.9 Å². The number of aromatic nitrogens is 2. The van der Waals surface area contributed by atoms with E-state index in [0.717, 1.165) is 35.6 Å². The number of carbonyl (C=O) groups is 1. The van der Waals surface area contributed by atoms with Gasteiger partial charge in [-0.25, -0.2) is 9.78 Å². The van der Waals surface area contributed by atoms with Crippen LogP contribution in [0, 0.1) is 6.92 Å². The second kappa shape index (κ2) is 6.64. The molecule has 1 aromatic carbocycles. The second-order valence-electron chi connectivity index (χ2n) is 5.89. The number of nitrogens with one attached hydrogen (secondary N) is 3. The summed E-state index contributed by atoms with van der Waals surface area (Å²) in [5, 5.41) is 5.95. The van der Waals surface area contributed by atoms with Gasteiger partial charge in [0.25, 0.3) is 0 Å². The predicted molar refractivity (Wildman–Crippen MR) is 87.8 cm³/mol. The van der Waals surface area contributed by atoms with Crippen LogP contribution in [0.4, 0.5) is 10.5 Å². The number of benzene rings is 1. The third kappa shape index (κ3) is 3.67. The zero-order valence-corrected chi connectivity index (χ0v) is 12.9. The van der Waals surface area contributed by atoms with Crippen LogP contribution >= 0.6 is 0 Å². The third-order valence-corrected chi connectivity index (χ3v) is 4.10. The topological polar surface area (TPSA) is 69.8 Å². The molecule has 1 fully saturated rings. The Hall–Kier alpha value is -2.30. The molecule has 2 aromatic rings. The lowest BCUT2D eigenvalue weighted by Gasteiger charge is -2.22. The summed E-state index contributed by atoms with van der Waals surface area (Å²) in [5.74, 6) is 0.893. The molecular weight excluding hydrogens is 276 g/mol. The van der Waals surface area contributed by atoms with E-state index in [-0.39, 0.29) is 6.03 Å². The van der Waals surface area contributed by atoms with Crippen molar-refractivity contribution >= 4 is 11.7 Å². The maximum absolute atomic E-state index is 12.0. The first-order valence-corrected chi connectivity index (χ1v) is 7.90. The number of imidazole rings is 1. The standard InChI is InChI=1S/C17H22N4O/c1-12-18-11-16(19-12)13-7-9-15(10-8-13)21-17(22)20-14-5-3-2-4-6-14/h7-11,14H,2-6H2,1H3,(H,18,19)(H2,20,21,22). The van der Waals surface area contributed by atoms with Gasteiger partial charge >= 0.3 is 6.03 Å². The molecule has 0 unspecified atom stereocenters. The normalized spacial score (nSPS) is 15.5. The van der Waals surface area contributed by atoms with Crippen LogP contribution in [0.25, 0.3) is 11.3 Å². The SMILES string of the molecule is Cc1ncc(-c2ccc(NC(=O)NC3CCCCC3)cc2)[nH]1. The minimum absolute atomic E-state index is 0.114. The van der Waals surface area contributed by atoms with Gasteiger partial charge in [-0.15, -0.1) is 0 Å². The van der Waals surface area contributed by atoms with Crippen LogP contribution < -0.4 is 10.6 Å². The monoisotopic (exact) mass is 298 g/mol. The highest BCUT2D eigenvalue weighted by Crippen LogP contribution is 2.20. The van der Waals surface area contributed by atoms with E-state index in [2.05, 4.69) is 20.6 Å². The van der Waals surface area contributed by atoms with Crippen molar-refractivity contribution in [3.8, 4) is 11.3 Å². The van der Waals surface area contributed by atoms with Gasteiger partial charge < -0.3 is 15.6 Å². The van der Waals surface area contributed by atoms with Gasteiger partial charge in [0.2, 0.25) is 0 Å². The molecule has 2 amide bonds. The molecule has 1 aliphatic carbocycles. The lowest BCUT2D eigenvalue weighted by molar-refractivity contribution is 0.244. The van der Waals surface area contributed by atoms with Crippen molar-refractivity contribution in [3.05, 3.63) is 36.3 Å². The lowest BCUT2D eigenvalue weighted by Crippen LogP contribution is -2.38. The molecule has 0 saturated heterocycles. The molecule has 22 heavy (non-hydrogen) atoms. The number of rotatable bonds is 3. The van der Waals surface area contributed by atoms with Gasteiger partial charge in [0.05, 0.1) is 11.9 Å². The van der Waals surface area contributed by atoms with E-state index in [1.165, 1.54) is 19.3 Å². The summed E-state index contributed by atoms with van der Waals surface area (Å²) in [6.07, 6.45) is 7.70. The predicted octanol–water partition coefficient (Wildman–Crippen LogP) is 3.84. The summed E-state index contributed by atoms with van der Waals surface area (Å²) in [6, 6.07) is 7.97. The molecule has 1 aliphatic rings. The van der Waals surface area contributed by atoms with Gasteiger partial charge in [0, 0.05) is 11.7 Å². The minimum atomic E-state index is -0.114. The molecule has 5 nitrogen and oxygen atoms in total. The molecule has 0 radical (unpaired) electrons. The number of hydrogen-bond donors (Lipinski definition) is 3. The van der Waals surface area contributed by atoms with E-state index in [1.54, 1.807) is 0 Å². The molecule has 0 aliphatic heterocycles. The van der Waals surface area contributed by atoms with E-state index in [9.17, 15) is 4.79 Å². The highest BCUT2D eigenvalue weighted by molar-refractivity contribution is 5.89. The smallest absolute Gasteiger partial charge is 0.319 e. The van der Waals surface area contributed by atoms with Crippen molar-refractivity contribution in [2.75, 3.05) is 5.32 Å². The number of carbonyl (C=O) groups excluding carboxylic acids is 1. The quantitative estimate of drug-likeness (QED) is 0.805. The fourth-order valence-corrected chi connectivity index (χ4v) is 2.90. The first-order valence-electron chi connectivity index (χ1n) is 7.90. The molecule has 1 saturated carbocycles. The first kappa shape index (κ1) is 14.6. The second-order valence-corrected chi connectivity index (χ2v) is 5.89. The average molecular weight is 298 g/mol. The summed E-state index contributed by atoms with van der Waals surface area (Å²) in [4.78, 5) is 19.4. The number of H-pyrrole nitrogens is 1. The Morgan fingerprint density at radius 2 is 1.91 bits per heavy atom. The van der Waals surface area contributed by atoms with Crippen LogP contribution in [-0.4, -0.2) is 22.0 Å². The Labute approximate surface area is 130 Å². The zero-order valence-electron chi connectivity index (χ0n) is 12.9. The Kier molecular flexibility index (Phi) is 4.42. The molecule has 3 N–H and O–H groups in total. The van der Waals surface area contributed by atoms with Crippen molar-refractivity contribution in [2.45, 2.75) is 45.1 Å². The van der Waals surface area contributed by atoms with Crippen LogP contribution in [0.15, 0.2) is 30.5 Å². The molecule has 3 rings (SSSR count). The van der Waals surface area contributed by atoms with Crippen molar-refractivity contribution in [2.24, 2.45) is 0 Å². The maximum Gasteiger partial charge on any atom is 0.319 e. The van der Waals surface area contributed by atoms with Crippen molar-refractivity contribution in [1.29, 1.82) is 0 Å². The van der Waals surface area contributed by atoms with Crippen LogP contribution in [0.5, 0.6) is 0 Å². The Morgan fingerprint density at radius 1 is 1.18 bits per heavy atom. The molecule has 0 atom stereocenters. The number of aryl methyl sites for hydroxylation is 1. The minimum Gasteiger partial charge on any atom is -0.342 e. The molecular formula is C17H22N4O. The summed E-state index contributed by atoms with van der Waals surface area (Å²) >= 11 is 0. The van der Waals surface area contributed by atoms with E-state index in [1.807, 2.05) is 37.4 Å². The van der Waals surface area contributed by atoms with Gasteiger partial charge in [-0.3, -0.25) is 0 Å². The van der Waals surface area contributed by atoms with Gasteiger partial charge in [-0.05, 0) is 37.5 Å². The highest BCUT2D eigenvalue weighted by Gasteiger charge is 2.15. The van der Waals surface area contributed by atoms with Gasteiger partial charge in [0.15, 0.2) is 0 Å². The Morgan fingerprint density at radius 3 is 2.55 bits per heavy atom. The van der Waals surface area contributed by atoms with Crippen LogP contribution in [-0.2, 0) is 0 Å².